The number of hydrogen-bond donors (Lipinski definition) is 0. The SMILES string of the molecule is CCCC1(C)COP(=O)(c2cn(CC(F)(F)F)nc2C)OC1. The van der Waals surface area contributed by atoms with E-state index in [1.807, 2.05) is 13.8 Å². The largest absolute Gasteiger partial charge is 0.408 e. The van der Waals surface area contributed by atoms with Crippen LogP contribution in [-0.4, -0.2) is 29.2 Å². The second-order valence-corrected chi connectivity index (χ2v) is 8.01. The first-order valence-electron chi connectivity index (χ1n) is 7.07. The van der Waals surface area contributed by atoms with E-state index in [4.69, 9.17) is 9.05 Å². The third kappa shape index (κ3) is 3.91. The van der Waals surface area contributed by atoms with Gasteiger partial charge in [0.2, 0.25) is 0 Å². The molecule has 1 saturated heterocycles. The van der Waals surface area contributed by atoms with Crippen LogP contribution in [-0.2, 0) is 20.2 Å². The van der Waals surface area contributed by atoms with Gasteiger partial charge in [-0.05, 0) is 13.3 Å². The Balaban J connectivity index is 2.17. The smallest absolute Gasteiger partial charge is 0.304 e. The van der Waals surface area contributed by atoms with Crippen LogP contribution in [0.2, 0.25) is 0 Å². The molecule has 5 nitrogen and oxygen atoms in total. The number of alkyl halides is 3. The minimum absolute atomic E-state index is 0.107. The summed E-state index contributed by atoms with van der Waals surface area (Å²) >= 11 is 0. The monoisotopic (exact) mass is 340 g/mol. The summed E-state index contributed by atoms with van der Waals surface area (Å²) in [5.41, 5.74) is 0.00472. The maximum atomic E-state index is 12.7. The number of rotatable bonds is 4. The molecule has 0 aromatic carbocycles. The van der Waals surface area contributed by atoms with Gasteiger partial charge in [-0.1, -0.05) is 20.3 Å². The lowest BCUT2D eigenvalue weighted by Crippen LogP contribution is -2.34. The minimum Gasteiger partial charge on any atom is -0.304 e. The Kier molecular flexibility index (Phi) is 4.76. The van der Waals surface area contributed by atoms with Crippen molar-refractivity contribution in [2.75, 3.05) is 13.2 Å². The number of nitrogens with zero attached hydrogens (tertiary/aromatic N) is 2. The fraction of sp³-hybridized carbons (Fsp3) is 0.769. The summed E-state index contributed by atoms with van der Waals surface area (Å²) in [6.45, 7) is 4.77. The number of hydrogen-bond acceptors (Lipinski definition) is 4. The van der Waals surface area contributed by atoms with Gasteiger partial charge in [-0.25, -0.2) is 0 Å². The molecule has 1 aliphatic heterocycles. The van der Waals surface area contributed by atoms with E-state index in [0.29, 0.717) is 0 Å². The normalized spacial score (nSPS) is 29.7. The van der Waals surface area contributed by atoms with Gasteiger partial charge >= 0.3 is 13.8 Å². The minimum atomic E-state index is -4.39. The van der Waals surface area contributed by atoms with Crippen molar-refractivity contribution in [3.63, 3.8) is 0 Å². The number of aryl methyl sites for hydroxylation is 1. The molecule has 2 rings (SSSR count). The molecule has 0 atom stereocenters. The zero-order chi connectivity index (χ0) is 16.6. The lowest BCUT2D eigenvalue weighted by molar-refractivity contribution is -0.142. The highest BCUT2D eigenvalue weighted by atomic mass is 31.2. The molecule has 2 heterocycles. The molecule has 0 saturated carbocycles. The molecule has 1 aromatic rings. The summed E-state index contributed by atoms with van der Waals surface area (Å²) in [6.07, 6.45) is -1.49. The number of halogens is 3. The van der Waals surface area contributed by atoms with Crippen LogP contribution in [0.4, 0.5) is 13.2 Å². The van der Waals surface area contributed by atoms with Crippen LogP contribution >= 0.6 is 7.60 Å². The third-order valence-corrected chi connectivity index (χ3v) is 5.54. The second kappa shape index (κ2) is 5.98. The Hall–Kier alpha value is -0.850. The zero-order valence-electron chi connectivity index (χ0n) is 12.8. The van der Waals surface area contributed by atoms with Crippen molar-refractivity contribution < 1.29 is 26.8 Å². The van der Waals surface area contributed by atoms with E-state index in [0.717, 1.165) is 23.7 Å². The maximum absolute atomic E-state index is 12.7. The van der Waals surface area contributed by atoms with E-state index in [-0.39, 0.29) is 29.6 Å². The van der Waals surface area contributed by atoms with Gasteiger partial charge in [-0.3, -0.25) is 9.25 Å². The summed E-state index contributed by atoms with van der Waals surface area (Å²) < 4.78 is 61.6. The molecule has 126 valence electrons. The molecule has 0 N–H and O–H groups in total. The van der Waals surface area contributed by atoms with Gasteiger partial charge in [0.15, 0.2) is 0 Å². The van der Waals surface area contributed by atoms with Gasteiger partial charge in [-0.15, -0.1) is 0 Å². The van der Waals surface area contributed by atoms with Crippen molar-refractivity contribution >= 4 is 12.9 Å². The molecule has 0 spiro atoms. The van der Waals surface area contributed by atoms with Crippen molar-refractivity contribution in [3.8, 4) is 0 Å². The van der Waals surface area contributed by atoms with Crippen LogP contribution in [0.5, 0.6) is 0 Å². The van der Waals surface area contributed by atoms with Crippen molar-refractivity contribution in [2.45, 2.75) is 46.3 Å². The predicted molar refractivity (Wildman–Crippen MR) is 75.2 cm³/mol. The second-order valence-electron chi connectivity index (χ2n) is 6.02. The Labute approximate surface area is 127 Å². The molecule has 0 radical (unpaired) electrons. The molecule has 9 heteroatoms. The van der Waals surface area contributed by atoms with Crippen molar-refractivity contribution in [3.05, 3.63) is 11.9 Å². The molecular formula is C13H20F3N2O3P. The third-order valence-electron chi connectivity index (χ3n) is 3.58. The fourth-order valence-electron chi connectivity index (χ4n) is 2.49. The Morgan fingerprint density at radius 3 is 2.50 bits per heavy atom. The number of aromatic nitrogens is 2. The van der Waals surface area contributed by atoms with E-state index >= 15 is 0 Å². The molecule has 1 fully saturated rings. The van der Waals surface area contributed by atoms with Gasteiger partial charge in [0, 0.05) is 11.6 Å². The van der Waals surface area contributed by atoms with Gasteiger partial charge < -0.3 is 9.05 Å². The first-order chi connectivity index (χ1) is 10.1. The quantitative estimate of drug-likeness (QED) is 0.788. The predicted octanol–water partition coefficient (Wildman–Crippen LogP) is 3.43. The summed E-state index contributed by atoms with van der Waals surface area (Å²) in [5.74, 6) is 0. The molecule has 0 aliphatic carbocycles. The molecule has 22 heavy (non-hydrogen) atoms. The van der Waals surface area contributed by atoms with Crippen LogP contribution in [0.3, 0.4) is 0 Å². The molecule has 0 unspecified atom stereocenters. The van der Waals surface area contributed by atoms with Crippen LogP contribution in [0, 0.1) is 12.3 Å². The highest BCUT2D eigenvalue weighted by Gasteiger charge is 2.42. The van der Waals surface area contributed by atoms with Crippen LogP contribution < -0.4 is 5.30 Å². The standard InChI is InChI=1S/C13H20F3N2O3P/c1-4-5-12(3)8-20-22(19,21-9-12)11-6-18(17-10(11)2)7-13(14,15)16/h6H,4-5,7-9H2,1-3H3. The summed E-state index contributed by atoms with van der Waals surface area (Å²) in [4.78, 5) is 0. The highest BCUT2D eigenvalue weighted by molar-refractivity contribution is 7.62. The summed E-state index contributed by atoms with van der Waals surface area (Å²) in [5, 5.41) is 3.86. The zero-order valence-corrected chi connectivity index (χ0v) is 13.7. The van der Waals surface area contributed by atoms with E-state index < -0.39 is 20.3 Å². The van der Waals surface area contributed by atoms with Crippen LogP contribution in [0.1, 0.15) is 32.4 Å². The average molecular weight is 340 g/mol. The molecule has 1 aliphatic rings. The van der Waals surface area contributed by atoms with Crippen molar-refractivity contribution in [2.24, 2.45) is 5.41 Å². The average Bonchev–Trinajstić information content (AvgIpc) is 2.73. The fourth-order valence-corrected chi connectivity index (χ4v) is 4.52. The van der Waals surface area contributed by atoms with Crippen LogP contribution in [0.25, 0.3) is 0 Å². The van der Waals surface area contributed by atoms with Crippen LogP contribution in [0.15, 0.2) is 6.20 Å². The van der Waals surface area contributed by atoms with Gasteiger partial charge in [-0.2, -0.15) is 18.3 Å². The summed E-state index contributed by atoms with van der Waals surface area (Å²) in [7, 11) is -3.60. The first-order valence-corrected chi connectivity index (χ1v) is 8.62. The molecule has 0 bridgehead atoms. The van der Waals surface area contributed by atoms with Gasteiger partial charge in [0.25, 0.3) is 0 Å². The first kappa shape index (κ1) is 17.5. The van der Waals surface area contributed by atoms with E-state index in [1.165, 1.54) is 6.92 Å². The Bertz CT molecular complexity index is 574. The van der Waals surface area contributed by atoms with E-state index in [1.54, 1.807) is 0 Å². The van der Waals surface area contributed by atoms with Gasteiger partial charge in [0.1, 0.15) is 11.8 Å². The molecule has 0 amide bonds. The van der Waals surface area contributed by atoms with Gasteiger partial charge in [0.05, 0.1) is 18.9 Å². The lowest BCUT2D eigenvalue weighted by atomic mass is 9.88. The lowest BCUT2D eigenvalue weighted by Gasteiger charge is -2.36. The van der Waals surface area contributed by atoms with Crippen molar-refractivity contribution in [1.29, 1.82) is 0 Å². The molecular weight excluding hydrogens is 320 g/mol. The van der Waals surface area contributed by atoms with Crippen molar-refractivity contribution in [1.82, 2.24) is 9.78 Å². The Morgan fingerprint density at radius 1 is 1.41 bits per heavy atom. The topological polar surface area (TPSA) is 53.4 Å². The Morgan fingerprint density at radius 2 is 2.00 bits per heavy atom. The van der Waals surface area contributed by atoms with E-state index in [9.17, 15) is 17.7 Å². The summed E-state index contributed by atoms with van der Waals surface area (Å²) in [6, 6.07) is 0. The maximum Gasteiger partial charge on any atom is 0.408 e. The van der Waals surface area contributed by atoms with E-state index in [2.05, 4.69) is 5.10 Å². The highest BCUT2D eigenvalue weighted by Crippen LogP contribution is 2.54. The molecule has 1 aromatic heterocycles.